The Morgan fingerprint density at radius 2 is 1.81 bits per heavy atom. The molecule has 1 aromatic heterocycles. The lowest BCUT2D eigenvalue weighted by Gasteiger charge is -2.14. The number of carboxylic acid groups (broad SMARTS) is 2. The van der Waals surface area contributed by atoms with Crippen molar-refractivity contribution in [1.29, 1.82) is 0 Å². The van der Waals surface area contributed by atoms with Crippen LogP contribution in [0.1, 0.15) is 47.1 Å². The Labute approximate surface area is 149 Å². The number of unbranched alkanes of at least 4 members (excludes halogenated alkanes) is 1. The molecular formula is C18H20N2O6. The van der Waals surface area contributed by atoms with Crippen LogP contribution in [0.15, 0.2) is 29.1 Å². The van der Waals surface area contributed by atoms with Crippen LogP contribution in [0, 0.1) is 0 Å². The standard InChI is InChI=1S/C18H20N2O6/c1-2-3-4-14-19-16(23)13(9-15(21)22)17(24)20(14)10-11-5-7-12(8-6-11)18(25)26/h5-8,23H,2-4,9-10H2,1H3,(H,21,22)(H,25,26). The molecule has 1 aromatic carbocycles. The van der Waals surface area contributed by atoms with E-state index in [9.17, 15) is 19.5 Å². The fraction of sp³-hybridized carbons (Fsp3) is 0.333. The molecule has 2 rings (SSSR count). The summed E-state index contributed by atoms with van der Waals surface area (Å²) < 4.78 is 1.34. The number of aryl methyl sites for hydroxylation is 1. The van der Waals surface area contributed by atoms with Gasteiger partial charge in [-0.2, -0.15) is 4.98 Å². The second-order valence-electron chi connectivity index (χ2n) is 5.90. The molecule has 1 heterocycles. The zero-order chi connectivity index (χ0) is 19.3. The third-order valence-corrected chi connectivity index (χ3v) is 3.94. The van der Waals surface area contributed by atoms with Crippen molar-refractivity contribution in [1.82, 2.24) is 9.55 Å². The lowest BCUT2D eigenvalue weighted by atomic mass is 10.1. The number of hydrogen-bond donors (Lipinski definition) is 3. The van der Waals surface area contributed by atoms with E-state index in [1.165, 1.54) is 16.7 Å². The van der Waals surface area contributed by atoms with Gasteiger partial charge < -0.3 is 15.3 Å². The molecule has 138 valence electrons. The molecule has 8 nitrogen and oxygen atoms in total. The number of nitrogens with zero attached hydrogens (tertiary/aromatic N) is 2. The predicted octanol–water partition coefficient (Wildman–Crippen LogP) is 1.67. The molecular weight excluding hydrogens is 340 g/mol. The molecule has 0 unspecified atom stereocenters. The molecule has 0 radical (unpaired) electrons. The summed E-state index contributed by atoms with van der Waals surface area (Å²) in [6.45, 7) is 2.09. The fourth-order valence-electron chi connectivity index (χ4n) is 2.56. The summed E-state index contributed by atoms with van der Waals surface area (Å²) in [5.74, 6) is -2.47. The van der Waals surface area contributed by atoms with Crippen molar-refractivity contribution in [2.24, 2.45) is 0 Å². The molecule has 0 saturated heterocycles. The minimum Gasteiger partial charge on any atom is -0.493 e. The number of aromatic hydroxyl groups is 1. The number of carboxylic acids is 2. The molecule has 0 aliphatic rings. The van der Waals surface area contributed by atoms with Crippen LogP contribution in [-0.4, -0.2) is 36.8 Å². The number of rotatable bonds is 8. The van der Waals surface area contributed by atoms with Crippen LogP contribution in [0.5, 0.6) is 5.88 Å². The minimum absolute atomic E-state index is 0.109. The lowest BCUT2D eigenvalue weighted by Crippen LogP contribution is -2.30. The molecule has 0 atom stereocenters. The SMILES string of the molecule is CCCCc1nc(O)c(CC(=O)O)c(=O)n1Cc1ccc(C(=O)O)cc1. The average Bonchev–Trinajstić information content (AvgIpc) is 2.59. The summed E-state index contributed by atoms with van der Waals surface area (Å²) in [5, 5.41) is 27.9. The van der Waals surface area contributed by atoms with Crippen LogP contribution in [0.4, 0.5) is 0 Å². The summed E-state index contributed by atoms with van der Waals surface area (Å²) >= 11 is 0. The summed E-state index contributed by atoms with van der Waals surface area (Å²) in [6, 6.07) is 6.04. The quantitative estimate of drug-likeness (QED) is 0.653. The highest BCUT2D eigenvalue weighted by Crippen LogP contribution is 2.15. The summed E-state index contributed by atoms with van der Waals surface area (Å²) in [5.41, 5.74) is -0.0699. The summed E-state index contributed by atoms with van der Waals surface area (Å²) in [4.78, 5) is 38.6. The average molecular weight is 360 g/mol. The first-order chi connectivity index (χ1) is 12.3. The lowest BCUT2D eigenvalue weighted by molar-refractivity contribution is -0.136. The Morgan fingerprint density at radius 1 is 1.15 bits per heavy atom. The van der Waals surface area contributed by atoms with Crippen molar-refractivity contribution in [2.75, 3.05) is 0 Å². The van der Waals surface area contributed by atoms with E-state index in [4.69, 9.17) is 10.2 Å². The van der Waals surface area contributed by atoms with Gasteiger partial charge in [0.25, 0.3) is 5.56 Å². The van der Waals surface area contributed by atoms with Gasteiger partial charge in [0.05, 0.1) is 24.1 Å². The molecule has 0 spiro atoms. The van der Waals surface area contributed by atoms with Crippen LogP contribution < -0.4 is 5.56 Å². The molecule has 26 heavy (non-hydrogen) atoms. The topological polar surface area (TPSA) is 130 Å². The normalized spacial score (nSPS) is 10.7. The molecule has 0 aliphatic carbocycles. The van der Waals surface area contributed by atoms with E-state index in [0.717, 1.165) is 12.8 Å². The molecule has 0 bridgehead atoms. The van der Waals surface area contributed by atoms with E-state index in [0.29, 0.717) is 17.8 Å². The summed E-state index contributed by atoms with van der Waals surface area (Å²) in [7, 11) is 0. The molecule has 0 amide bonds. The van der Waals surface area contributed by atoms with E-state index in [2.05, 4.69) is 4.98 Å². The Bertz CT molecular complexity index is 870. The predicted molar refractivity (Wildman–Crippen MR) is 92.6 cm³/mol. The molecule has 0 aliphatic heterocycles. The number of aromatic nitrogens is 2. The van der Waals surface area contributed by atoms with Crippen LogP contribution >= 0.6 is 0 Å². The van der Waals surface area contributed by atoms with Crippen molar-refractivity contribution in [3.8, 4) is 5.88 Å². The van der Waals surface area contributed by atoms with E-state index >= 15 is 0 Å². The third kappa shape index (κ3) is 4.47. The number of aliphatic carboxylic acids is 1. The highest BCUT2D eigenvalue weighted by Gasteiger charge is 2.18. The van der Waals surface area contributed by atoms with Crippen LogP contribution in [0.3, 0.4) is 0 Å². The van der Waals surface area contributed by atoms with Gasteiger partial charge in [0, 0.05) is 6.42 Å². The van der Waals surface area contributed by atoms with Gasteiger partial charge in [0.15, 0.2) is 0 Å². The van der Waals surface area contributed by atoms with Crippen molar-refractivity contribution >= 4 is 11.9 Å². The van der Waals surface area contributed by atoms with E-state index in [1.807, 2.05) is 6.92 Å². The first kappa shape index (κ1) is 19.2. The van der Waals surface area contributed by atoms with E-state index in [-0.39, 0.29) is 17.7 Å². The van der Waals surface area contributed by atoms with Crippen LogP contribution in [0.2, 0.25) is 0 Å². The van der Waals surface area contributed by atoms with Gasteiger partial charge in [-0.15, -0.1) is 0 Å². The first-order valence-corrected chi connectivity index (χ1v) is 8.19. The summed E-state index contributed by atoms with van der Waals surface area (Å²) in [6.07, 6.45) is 1.45. The molecule has 0 fully saturated rings. The van der Waals surface area contributed by atoms with E-state index < -0.39 is 29.8 Å². The Morgan fingerprint density at radius 3 is 2.35 bits per heavy atom. The largest absolute Gasteiger partial charge is 0.493 e. The first-order valence-electron chi connectivity index (χ1n) is 8.19. The number of carbonyl (C=O) groups is 2. The van der Waals surface area contributed by atoms with Gasteiger partial charge in [-0.1, -0.05) is 25.5 Å². The maximum Gasteiger partial charge on any atom is 0.335 e. The maximum absolute atomic E-state index is 12.7. The smallest absolute Gasteiger partial charge is 0.335 e. The maximum atomic E-state index is 12.7. The van der Waals surface area contributed by atoms with Crippen molar-refractivity contribution in [3.05, 3.63) is 57.1 Å². The van der Waals surface area contributed by atoms with Gasteiger partial charge in [0.2, 0.25) is 5.88 Å². The van der Waals surface area contributed by atoms with Gasteiger partial charge in [-0.3, -0.25) is 14.2 Å². The second-order valence-corrected chi connectivity index (χ2v) is 5.90. The Hall–Kier alpha value is -3.16. The van der Waals surface area contributed by atoms with E-state index in [1.54, 1.807) is 12.1 Å². The molecule has 2 aromatic rings. The number of benzene rings is 1. The second kappa shape index (κ2) is 8.28. The number of hydrogen-bond acceptors (Lipinski definition) is 5. The van der Waals surface area contributed by atoms with Crippen LogP contribution in [0.25, 0.3) is 0 Å². The Balaban J connectivity index is 2.47. The van der Waals surface area contributed by atoms with Crippen molar-refractivity contribution < 1.29 is 24.9 Å². The number of aromatic carboxylic acids is 1. The Kier molecular flexibility index (Phi) is 6.11. The zero-order valence-corrected chi connectivity index (χ0v) is 14.3. The molecule has 0 saturated carbocycles. The van der Waals surface area contributed by atoms with Crippen molar-refractivity contribution in [3.63, 3.8) is 0 Å². The minimum atomic E-state index is -1.24. The van der Waals surface area contributed by atoms with Gasteiger partial charge in [-0.25, -0.2) is 4.79 Å². The monoisotopic (exact) mass is 360 g/mol. The highest BCUT2D eigenvalue weighted by molar-refractivity contribution is 5.87. The fourth-order valence-corrected chi connectivity index (χ4v) is 2.56. The van der Waals surface area contributed by atoms with Gasteiger partial charge in [-0.05, 0) is 24.1 Å². The zero-order valence-electron chi connectivity index (χ0n) is 14.3. The molecule has 8 heteroatoms. The highest BCUT2D eigenvalue weighted by atomic mass is 16.4. The van der Waals surface area contributed by atoms with Gasteiger partial charge >= 0.3 is 11.9 Å². The third-order valence-electron chi connectivity index (χ3n) is 3.94. The molecule has 3 N–H and O–H groups in total. The van der Waals surface area contributed by atoms with Crippen molar-refractivity contribution in [2.45, 2.75) is 39.2 Å². The van der Waals surface area contributed by atoms with Gasteiger partial charge in [0.1, 0.15) is 5.82 Å². The van der Waals surface area contributed by atoms with Crippen LogP contribution in [-0.2, 0) is 24.2 Å².